The molecule has 0 aliphatic heterocycles. The van der Waals surface area contributed by atoms with E-state index in [1.165, 1.54) is 15.8 Å². The van der Waals surface area contributed by atoms with E-state index in [-0.39, 0.29) is 24.6 Å². The van der Waals surface area contributed by atoms with E-state index in [0.29, 0.717) is 10.9 Å². The maximum absolute atomic E-state index is 12.3. The van der Waals surface area contributed by atoms with Gasteiger partial charge in [0.25, 0.3) is 5.56 Å². The molecule has 22 heavy (non-hydrogen) atoms. The molecule has 7 nitrogen and oxygen atoms in total. The minimum atomic E-state index is -0.423. The highest BCUT2D eigenvalue weighted by Gasteiger charge is 2.10. The first-order chi connectivity index (χ1) is 10.4. The lowest BCUT2D eigenvalue weighted by molar-refractivity contribution is -0.131. The Kier molecular flexibility index (Phi) is 4.92. The molecule has 2 aromatic rings. The maximum atomic E-state index is 12.3. The van der Waals surface area contributed by atoms with Crippen molar-refractivity contribution in [3.63, 3.8) is 0 Å². The van der Waals surface area contributed by atoms with Crippen LogP contribution in [0.3, 0.4) is 0 Å². The number of nitrogens with one attached hydrogen (secondary N) is 1. The van der Waals surface area contributed by atoms with Crippen molar-refractivity contribution in [1.29, 1.82) is 0 Å². The molecule has 0 radical (unpaired) electrons. The summed E-state index contributed by atoms with van der Waals surface area (Å²) in [6.07, 6.45) is 1.33. The lowest BCUT2D eigenvalue weighted by atomic mass is 10.2. The molecular formula is C14H15BrN4O3. The Morgan fingerprint density at radius 1 is 1.36 bits per heavy atom. The van der Waals surface area contributed by atoms with Crippen LogP contribution in [-0.4, -0.2) is 46.9 Å². The number of rotatable bonds is 4. The minimum Gasteiger partial charge on any atom is -0.347 e. The van der Waals surface area contributed by atoms with Crippen LogP contribution in [0.25, 0.3) is 10.9 Å². The highest BCUT2D eigenvalue weighted by Crippen LogP contribution is 2.14. The zero-order valence-corrected chi connectivity index (χ0v) is 13.8. The van der Waals surface area contributed by atoms with Gasteiger partial charge in [0, 0.05) is 18.6 Å². The lowest BCUT2D eigenvalue weighted by Gasteiger charge is -2.11. The molecule has 1 aromatic heterocycles. The van der Waals surface area contributed by atoms with Gasteiger partial charge in [0.2, 0.25) is 11.8 Å². The molecule has 116 valence electrons. The molecule has 0 fully saturated rings. The van der Waals surface area contributed by atoms with Crippen LogP contribution in [0.4, 0.5) is 0 Å². The number of nitrogens with zero attached hydrogens (tertiary/aromatic N) is 3. The first-order valence-corrected chi connectivity index (χ1v) is 7.29. The fourth-order valence-electron chi connectivity index (χ4n) is 1.79. The number of likely N-dealkylation sites (N-methyl/N-ethyl adjacent to an activating group) is 1. The fourth-order valence-corrected chi connectivity index (χ4v) is 2.15. The van der Waals surface area contributed by atoms with E-state index in [9.17, 15) is 14.4 Å². The van der Waals surface area contributed by atoms with Crippen molar-refractivity contribution in [2.75, 3.05) is 20.6 Å². The minimum absolute atomic E-state index is 0.104. The van der Waals surface area contributed by atoms with Crippen molar-refractivity contribution in [2.45, 2.75) is 6.54 Å². The van der Waals surface area contributed by atoms with Crippen LogP contribution in [0.2, 0.25) is 0 Å². The SMILES string of the molecule is CN(C)C(=O)CNC(=O)Cn1cnc2ccc(Br)cc2c1=O. The van der Waals surface area contributed by atoms with Crippen LogP contribution in [0.15, 0.2) is 33.8 Å². The molecule has 2 rings (SSSR count). The van der Waals surface area contributed by atoms with Crippen molar-refractivity contribution in [3.8, 4) is 0 Å². The number of carbonyl (C=O) groups excluding carboxylic acids is 2. The average Bonchev–Trinajstić information content (AvgIpc) is 2.48. The fraction of sp³-hybridized carbons (Fsp3) is 0.286. The Morgan fingerprint density at radius 2 is 2.09 bits per heavy atom. The largest absolute Gasteiger partial charge is 0.347 e. The molecule has 0 atom stereocenters. The predicted octanol–water partition coefficient (Wildman–Crippen LogP) is 0.363. The summed E-state index contributed by atoms with van der Waals surface area (Å²) in [6.45, 7) is -0.290. The van der Waals surface area contributed by atoms with Gasteiger partial charge in [-0.2, -0.15) is 0 Å². The summed E-state index contributed by atoms with van der Waals surface area (Å²) in [6, 6.07) is 5.17. The first-order valence-electron chi connectivity index (χ1n) is 6.50. The Morgan fingerprint density at radius 3 is 2.77 bits per heavy atom. The summed E-state index contributed by atoms with van der Waals surface area (Å²) < 4.78 is 1.97. The number of amides is 2. The third-order valence-corrected chi connectivity index (χ3v) is 3.53. The van der Waals surface area contributed by atoms with E-state index < -0.39 is 5.91 Å². The molecular weight excluding hydrogens is 352 g/mol. The van der Waals surface area contributed by atoms with Gasteiger partial charge in [0.1, 0.15) is 6.54 Å². The van der Waals surface area contributed by atoms with Crippen molar-refractivity contribution in [2.24, 2.45) is 0 Å². The number of hydrogen-bond acceptors (Lipinski definition) is 4. The van der Waals surface area contributed by atoms with Crippen LogP contribution in [0.5, 0.6) is 0 Å². The van der Waals surface area contributed by atoms with Gasteiger partial charge in [-0.05, 0) is 18.2 Å². The number of aromatic nitrogens is 2. The van der Waals surface area contributed by atoms with E-state index in [0.717, 1.165) is 4.47 Å². The smallest absolute Gasteiger partial charge is 0.261 e. The molecule has 0 spiro atoms. The van der Waals surface area contributed by atoms with Crippen molar-refractivity contribution < 1.29 is 9.59 Å². The Labute approximate surface area is 135 Å². The topological polar surface area (TPSA) is 84.3 Å². The normalized spacial score (nSPS) is 10.5. The highest BCUT2D eigenvalue weighted by molar-refractivity contribution is 9.10. The summed E-state index contributed by atoms with van der Waals surface area (Å²) in [5.41, 5.74) is 0.257. The highest BCUT2D eigenvalue weighted by atomic mass is 79.9. The van der Waals surface area contributed by atoms with E-state index in [4.69, 9.17) is 0 Å². The molecule has 0 aliphatic carbocycles. The lowest BCUT2D eigenvalue weighted by Crippen LogP contribution is -2.39. The van der Waals surface area contributed by atoms with Crippen molar-refractivity contribution in [3.05, 3.63) is 39.4 Å². The van der Waals surface area contributed by atoms with Gasteiger partial charge in [-0.15, -0.1) is 0 Å². The quantitative estimate of drug-likeness (QED) is 0.846. The van der Waals surface area contributed by atoms with Gasteiger partial charge in [-0.3, -0.25) is 19.0 Å². The van der Waals surface area contributed by atoms with Crippen LogP contribution in [0, 0.1) is 0 Å². The maximum Gasteiger partial charge on any atom is 0.261 e. The van der Waals surface area contributed by atoms with Crippen molar-refractivity contribution >= 4 is 38.6 Å². The molecule has 0 saturated heterocycles. The Balaban J connectivity index is 2.15. The third-order valence-electron chi connectivity index (χ3n) is 3.04. The van der Waals surface area contributed by atoms with Crippen LogP contribution in [0.1, 0.15) is 0 Å². The summed E-state index contributed by atoms with van der Waals surface area (Å²) in [5.74, 6) is -0.644. The second kappa shape index (κ2) is 6.69. The van der Waals surface area contributed by atoms with Gasteiger partial charge in [0.05, 0.1) is 23.8 Å². The van der Waals surface area contributed by atoms with Crippen LogP contribution < -0.4 is 10.9 Å². The number of benzene rings is 1. The summed E-state index contributed by atoms with van der Waals surface area (Å²) in [7, 11) is 3.20. The molecule has 1 aromatic carbocycles. The zero-order valence-electron chi connectivity index (χ0n) is 12.2. The Hall–Kier alpha value is -2.22. The molecule has 0 aliphatic rings. The molecule has 0 saturated carbocycles. The van der Waals surface area contributed by atoms with Gasteiger partial charge in [-0.25, -0.2) is 4.98 Å². The Bertz CT molecular complexity index is 785. The number of hydrogen-bond donors (Lipinski definition) is 1. The molecule has 2 amide bonds. The zero-order chi connectivity index (χ0) is 16.3. The summed E-state index contributed by atoms with van der Waals surface area (Å²) in [5, 5.41) is 2.90. The number of carbonyl (C=O) groups is 2. The van der Waals surface area contributed by atoms with Gasteiger partial charge >= 0.3 is 0 Å². The standard InChI is InChI=1S/C14H15BrN4O3/c1-18(2)13(21)6-16-12(20)7-19-8-17-11-4-3-9(15)5-10(11)14(19)22/h3-5,8H,6-7H2,1-2H3,(H,16,20). The van der Waals surface area contributed by atoms with E-state index in [2.05, 4.69) is 26.2 Å². The van der Waals surface area contributed by atoms with Crippen LogP contribution in [-0.2, 0) is 16.1 Å². The molecule has 0 bridgehead atoms. The van der Waals surface area contributed by atoms with Gasteiger partial charge in [-0.1, -0.05) is 15.9 Å². The van der Waals surface area contributed by atoms with Gasteiger partial charge < -0.3 is 10.2 Å². The second-order valence-corrected chi connectivity index (χ2v) is 5.82. The molecule has 8 heteroatoms. The average molecular weight is 367 g/mol. The van der Waals surface area contributed by atoms with Gasteiger partial charge in [0.15, 0.2) is 0 Å². The van der Waals surface area contributed by atoms with E-state index >= 15 is 0 Å². The predicted molar refractivity (Wildman–Crippen MR) is 85.4 cm³/mol. The second-order valence-electron chi connectivity index (χ2n) is 4.90. The van der Waals surface area contributed by atoms with Crippen LogP contribution >= 0.6 is 15.9 Å². The third kappa shape index (κ3) is 3.70. The monoisotopic (exact) mass is 366 g/mol. The van der Waals surface area contributed by atoms with E-state index in [1.54, 1.807) is 32.3 Å². The molecule has 0 unspecified atom stereocenters. The van der Waals surface area contributed by atoms with Crippen molar-refractivity contribution in [1.82, 2.24) is 19.8 Å². The molecule has 1 N–H and O–H groups in total. The summed E-state index contributed by atoms with van der Waals surface area (Å²) >= 11 is 3.30. The first kappa shape index (κ1) is 16.2. The number of halogens is 1. The van der Waals surface area contributed by atoms with E-state index in [1.807, 2.05) is 0 Å². The summed E-state index contributed by atoms with van der Waals surface area (Å²) in [4.78, 5) is 41.1. The number of fused-ring (bicyclic) bond motifs is 1. The molecule has 1 heterocycles.